The van der Waals surface area contributed by atoms with E-state index in [2.05, 4.69) is 43.8 Å². The fourth-order valence-corrected chi connectivity index (χ4v) is 4.13. The van der Waals surface area contributed by atoms with Crippen LogP contribution in [0.1, 0.15) is 21.5 Å². The van der Waals surface area contributed by atoms with E-state index in [-0.39, 0.29) is 16.8 Å². The molecule has 0 heterocycles. The fourth-order valence-electron chi connectivity index (χ4n) is 2.78. The number of nitrogens with zero attached hydrogens (tertiary/aromatic N) is 1. The standard InChI is InChI=1S/C24H15BrClIN2O4/c25-20-9-15(10-21(26)22(20)33-13-14-4-6-18(27)7-5-14)8-17(12-28)23(30)29-19-3-1-2-16(11-19)24(31)32/h1-11H,13H2,(H,29,30)(H,31,32)/b17-8-. The summed E-state index contributed by atoms with van der Waals surface area (Å²) in [4.78, 5) is 23.6. The van der Waals surface area contributed by atoms with Gasteiger partial charge in [0.25, 0.3) is 5.91 Å². The summed E-state index contributed by atoms with van der Waals surface area (Å²) in [5, 5.41) is 21.4. The first kappa shape index (κ1) is 24.8. The van der Waals surface area contributed by atoms with Crippen LogP contribution in [0.3, 0.4) is 0 Å². The highest BCUT2D eigenvalue weighted by Crippen LogP contribution is 2.35. The molecule has 0 spiro atoms. The van der Waals surface area contributed by atoms with E-state index in [1.165, 1.54) is 30.3 Å². The zero-order chi connectivity index (χ0) is 24.0. The van der Waals surface area contributed by atoms with Crippen molar-refractivity contribution in [3.05, 3.63) is 96.0 Å². The molecule has 0 aliphatic heterocycles. The molecule has 9 heteroatoms. The van der Waals surface area contributed by atoms with Gasteiger partial charge < -0.3 is 15.2 Å². The summed E-state index contributed by atoms with van der Waals surface area (Å²) >= 11 is 12.0. The average molecular weight is 638 g/mol. The third kappa shape index (κ3) is 6.81. The van der Waals surface area contributed by atoms with Gasteiger partial charge in [-0.15, -0.1) is 0 Å². The number of carboxylic acid groups (broad SMARTS) is 1. The lowest BCUT2D eigenvalue weighted by atomic mass is 10.1. The molecule has 166 valence electrons. The zero-order valence-electron chi connectivity index (χ0n) is 16.8. The number of carbonyl (C=O) groups excluding carboxylic acids is 1. The van der Waals surface area contributed by atoms with Crippen molar-refractivity contribution in [2.24, 2.45) is 0 Å². The molecule has 0 bridgehead atoms. The first-order chi connectivity index (χ1) is 15.8. The van der Waals surface area contributed by atoms with Crippen LogP contribution < -0.4 is 10.1 Å². The van der Waals surface area contributed by atoms with Crippen molar-refractivity contribution >= 4 is 73.8 Å². The van der Waals surface area contributed by atoms with Crippen LogP contribution in [0.4, 0.5) is 5.69 Å². The second-order valence-corrected chi connectivity index (χ2v) is 9.25. The summed E-state index contributed by atoms with van der Waals surface area (Å²) in [5.41, 5.74) is 1.61. The number of nitrogens with one attached hydrogen (secondary N) is 1. The third-order valence-corrected chi connectivity index (χ3v) is 5.95. The van der Waals surface area contributed by atoms with E-state index in [4.69, 9.17) is 21.4 Å². The van der Waals surface area contributed by atoms with Gasteiger partial charge in [0.15, 0.2) is 5.75 Å². The highest BCUT2D eigenvalue weighted by atomic mass is 127. The quantitative estimate of drug-likeness (QED) is 0.174. The van der Waals surface area contributed by atoms with E-state index in [0.29, 0.717) is 27.4 Å². The molecule has 6 nitrogen and oxygen atoms in total. The third-order valence-electron chi connectivity index (χ3n) is 4.36. The van der Waals surface area contributed by atoms with Crippen LogP contribution in [-0.2, 0) is 11.4 Å². The minimum absolute atomic E-state index is 0.0202. The molecule has 0 atom stereocenters. The molecule has 0 aromatic heterocycles. The molecule has 3 aromatic carbocycles. The molecule has 0 fully saturated rings. The minimum Gasteiger partial charge on any atom is -0.486 e. The van der Waals surface area contributed by atoms with Crippen LogP contribution in [0, 0.1) is 14.9 Å². The molecule has 0 aliphatic rings. The number of anilines is 1. The van der Waals surface area contributed by atoms with Gasteiger partial charge in [0.05, 0.1) is 15.1 Å². The maximum absolute atomic E-state index is 12.5. The van der Waals surface area contributed by atoms with E-state index in [1.54, 1.807) is 12.1 Å². The fraction of sp³-hybridized carbons (Fsp3) is 0.0417. The van der Waals surface area contributed by atoms with Crippen molar-refractivity contribution in [2.75, 3.05) is 5.32 Å². The summed E-state index contributed by atoms with van der Waals surface area (Å²) in [5.74, 6) is -1.35. The predicted octanol–water partition coefficient (Wildman–Crippen LogP) is 6.53. The molecular weight excluding hydrogens is 623 g/mol. The van der Waals surface area contributed by atoms with Gasteiger partial charge in [-0.2, -0.15) is 5.26 Å². The minimum atomic E-state index is -1.12. The summed E-state index contributed by atoms with van der Waals surface area (Å²) in [7, 11) is 0. The Morgan fingerprint density at radius 2 is 1.91 bits per heavy atom. The number of halogens is 3. The lowest BCUT2D eigenvalue weighted by Crippen LogP contribution is -2.14. The molecule has 0 aliphatic carbocycles. The first-order valence-corrected chi connectivity index (χ1v) is 11.6. The van der Waals surface area contributed by atoms with E-state index in [1.807, 2.05) is 30.3 Å². The Morgan fingerprint density at radius 3 is 2.55 bits per heavy atom. The predicted molar refractivity (Wildman–Crippen MR) is 138 cm³/mol. The van der Waals surface area contributed by atoms with Gasteiger partial charge in [-0.3, -0.25) is 4.79 Å². The molecule has 0 saturated heterocycles. The van der Waals surface area contributed by atoms with Crippen molar-refractivity contribution in [3.63, 3.8) is 0 Å². The van der Waals surface area contributed by atoms with Crippen LogP contribution in [0.2, 0.25) is 5.02 Å². The Kier molecular flexibility index (Phi) is 8.49. The van der Waals surface area contributed by atoms with Gasteiger partial charge >= 0.3 is 5.97 Å². The lowest BCUT2D eigenvalue weighted by molar-refractivity contribution is -0.112. The molecule has 3 rings (SSSR count). The molecule has 0 radical (unpaired) electrons. The van der Waals surface area contributed by atoms with Gasteiger partial charge in [0, 0.05) is 9.26 Å². The number of hydrogen-bond donors (Lipinski definition) is 2. The lowest BCUT2D eigenvalue weighted by Gasteiger charge is -2.12. The summed E-state index contributed by atoms with van der Waals surface area (Å²) in [6, 6.07) is 18.8. The molecule has 0 saturated carbocycles. The molecule has 3 aromatic rings. The van der Waals surface area contributed by atoms with Crippen molar-refractivity contribution in [3.8, 4) is 11.8 Å². The van der Waals surface area contributed by atoms with Gasteiger partial charge in [0.1, 0.15) is 18.2 Å². The van der Waals surface area contributed by atoms with Gasteiger partial charge in [-0.1, -0.05) is 29.8 Å². The number of rotatable bonds is 7. The van der Waals surface area contributed by atoms with Crippen LogP contribution in [-0.4, -0.2) is 17.0 Å². The number of carboxylic acids is 1. The van der Waals surface area contributed by atoms with Gasteiger partial charge in [0.2, 0.25) is 0 Å². The van der Waals surface area contributed by atoms with E-state index >= 15 is 0 Å². The molecule has 2 N–H and O–H groups in total. The monoisotopic (exact) mass is 636 g/mol. The topological polar surface area (TPSA) is 99.4 Å². The van der Waals surface area contributed by atoms with Crippen molar-refractivity contribution in [2.45, 2.75) is 6.61 Å². The van der Waals surface area contributed by atoms with E-state index in [0.717, 1.165) is 9.13 Å². The van der Waals surface area contributed by atoms with Crippen molar-refractivity contribution in [1.82, 2.24) is 0 Å². The number of benzene rings is 3. The number of aromatic carboxylic acids is 1. The zero-order valence-corrected chi connectivity index (χ0v) is 21.3. The van der Waals surface area contributed by atoms with Crippen molar-refractivity contribution in [1.29, 1.82) is 5.26 Å². The Labute approximate surface area is 217 Å². The van der Waals surface area contributed by atoms with Crippen molar-refractivity contribution < 1.29 is 19.4 Å². The summed E-state index contributed by atoms with van der Waals surface area (Å²) < 4.78 is 7.53. The highest BCUT2D eigenvalue weighted by molar-refractivity contribution is 14.1. The highest BCUT2D eigenvalue weighted by Gasteiger charge is 2.14. The number of hydrogen-bond acceptors (Lipinski definition) is 4. The maximum atomic E-state index is 12.5. The molecule has 33 heavy (non-hydrogen) atoms. The number of amides is 1. The molecule has 0 unspecified atom stereocenters. The average Bonchev–Trinajstić information content (AvgIpc) is 2.78. The van der Waals surface area contributed by atoms with Crippen LogP contribution in [0.25, 0.3) is 6.08 Å². The first-order valence-electron chi connectivity index (χ1n) is 9.39. The second-order valence-electron chi connectivity index (χ2n) is 6.74. The number of ether oxygens (including phenoxy) is 1. The van der Waals surface area contributed by atoms with Crippen LogP contribution in [0.5, 0.6) is 5.75 Å². The maximum Gasteiger partial charge on any atom is 0.335 e. The molecular formula is C24H15BrClIN2O4. The summed E-state index contributed by atoms with van der Waals surface area (Å²) in [6.07, 6.45) is 1.38. The number of nitriles is 1. The summed E-state index contributed by atoms with van der Waals surface area (Å²) in [6.45, 7) is 0.325. The van der Waals surface area contributed by atoms with Crippen LogP contribution >= 0.6 is 50.1 Å². The van der Waals surface area contributed by atoms with Gasteiger partial charge in [-0.25, -0.2) is 4.79 Å². The molecule has 1 amide bonds. The smallest absolute Gasteiger partial charge is 0.335 e. The largest absolute Gasteiger partial charge is 0.486 e. The Bertz CT molecular complexity index is 1260. The Morgan fingerprint density at radius 1 is 1.18 bits per heavy atom. The Balaban J connectivity index is 1.77. The number of carbonyl (C=O) groups is 2. The van der Waals surface area contributed by atoms with E-state index in [9.17, 15) is 14.9 Å². The van der Waals surface area contributed by atoms with Gasteiger partial charge in [-0.05, 0) is 98.2 Å². The normalized spacial score (nSPS) is 10.9. The second kappa shape index (κ2) is 11.3. The van der Waals surface area contributed by atoms with Crippen LogP contribution in [0.15, 0.2) is 70.7 Å². The van der Waals surface area contributed by atoms with E-state index < -0.39 is 11.9 Å². The Hall–Kier alpha value is -2.87. The SMILES string of the molecule is N#C/C(=C/c1cc(Cl)c(OCc2ccc(I)cc2)c(Br)c1)C(=O)Nc1cccc(C(=O)O)c1.